The maximum Gasteiger partial charge on any atom is 0.275 e. The number of rotatable bonds is 2. The van der Waals surface area contributed by atoms with E-state index in [0.717, 1.165) is 16.7 Å². The molecule has 0 atom stereocenters. The predicted molar refractivity (Wildman–Crippen MR) is 70.8 cm³/mol. The molecule has 1 aromatic heterocycles. The third kappa shape index (κ3) is 2.15. The lowest BCUT2D eigenvalue weighted by molar-refractivity contribution is 0.986. The lowest BCUT2D eigenvalue weighted by Crippen LogP contribution is -2.24. The standard InChI is InChI=1S/C13H14N4O/c1-7-3-4-9(8(2)5-7)11-6-10(12(14)15)13(18)17-16-11/h3-6H,1-2H3,(H3,14,15)(H,17,18). The molecule has 0 bridgehead atoms. The molecular formula is C13H14N4O. The molecule has 92 valence electrons. The van der Waals surface area contributed by atoms with Gasteiger partial charge >= 0.3 is 0 Å². The van der Waals surface area contributed by atoms with Crippen LogP contribution in [0.4, 0.5) is 0 Å². The summed E-state index contributed by atoms with van der Waals surface area (Å²) >= 11 is 0. The second-order valence-electron chi connectivity index (χ2n) is 4.23. The third-order valence-electron chi connectivity index (χ3n) is 2.75. The van der Waals surface area contributed by atoms with Crippen molar-refractivity contribution in [3.63, 3.8) is 0 Å². The van der Waals surface area contributed by atoms with Crippen LogP contribution in [0.1, 0.15) is 16.7 Å². The molecule has 0 aliphatic carbocycles. The number of amidine groups is 1. The summed E-state index contributed by atoms with van der Waals surface area (Å²) in [6, 6.07) is 7.49. The quantitative estimate of drug-likeness (QED) is 0.547. The molecule has 0 saturated heterocycles. The maximum atomic E-state index is 11.4. The summed E-state index contributed by atoms with van der Waals surface area (Å²) in [6.07, 6.45) is 0. The molecule has 18 heavy (non-hydrogen) atoms. The molecule has 0 fully saturated rings. The van der Waals surface area contributed by atoms with Gasteiger partial charge in [0.1, 0.15) is 5.84 Å². The van der Waals surface area contributed by atoms with E-state index in [0.29, 0.717) is 5.69 Å². The smallest absolute Gasteiger partial charge is 0.275 e. The van der Waals surface area contributed by atoms with Crippen molar-refractivity contribution >= 4 is 5.84 Å². The first-order chi connectivity index (χ1) is 8.49. The van der Waals surface area contributed by atoms with Gasteiger partial charge in [0.05, 0.1) is 11.3 Å². The van der Waals surface area contributed by atoms with E-state index in [9.17, 15) is 4.79 Å². The highest BCUT2D eigenvalue weighted by Gasteiger charge is 2.09. The summed E-state index contributed by atoms with van der Waals surface area (Å²) in [5, 5.41) is 13.7. The number of nitrogens with one attached hydrogen (secondary N) is 2. The van der Waals surface area contributed by atoms with Crippen molar-refractivity contribution in [3.05, 3.63) is 51.3 Å². The number of nitrogens with two attached hydrogens (primary N) is 1. The second-order valence-corrected chi connectivity index (χ2v) is 4.23. The largest absolute Gasteiger partial charge is 0.384 e. The van der Waals surface area contributed by atoms with Crippen LogP contribution < -0.4 is 11.3 Å². The number of benzene rings is 1. The molecule has 0 spiro atoms. The Balaban J connectivity index is 2.61. The Kier molecular flexibility index (Phi) is 2.97. The Labute approximate surface area is 104 Å². The molecular weight excluding hydrogens is 228 g/mol. The first kappa shape index (κ1) is 12.0. The zero-order valence-corrected chi connectivity index (χ0v) is 10.2. The highest BCUT2D eigenvalue weighted by atomic mass is 16.1. The van der Waals surface area contributed by atoms with E-state index in [2.05, 4.69) is 10.2 Å². The first-order valence-corrected chi connectivity index (χ1v) is 5.51. The van der Waals surface area contributed by atoms with Crippen molar-refractivity contribution in [3.8, 4) is 11.3 Å². The summed E-state index contributed by atoms with van der Waals surface area (Å²) in [5.74, 6) is -0.260. The zero-order valence-electron chi connectivity index (χ0n) is 10.2. The topological polar surface area (TPSA) is 95.6 Å². The van der Waals surface area contributed by atoms with Crippen LogP contribution in [0, 0.1) is 19.3 Å². The number of hydrogen-bond acceptors (Lipinski definition) is 3. The monoisotopic (exact) mass is 242 g/mol. The van der Waals surface area contributed by atoms with Gasteiger partial charge in [-0.2, -0.15) is 5.10 Å². The van der Waals surface area contributed by atoms with E-state index in [4.69, 9.17) is 11.1 Å². The minimum absolute atomic E-state index is 0.139. The summed E-state index contributed by atoms with van der Waals surface area (Å²) in [7, 11) is 0. The Bertz CT molecular complexity index is 673. The zero-order chi connectivity index (χ0) is 13.3. The van der Waals surface area contributed by atoms with Crippen LogP contribution in [0.5, 0.6) is 0 Å². The Morgan fingerprint density at radius 2 is 2.06 bits per heavy atom. The summed E-state index contributed by atoms with van der Waals surface area (Å²) in [4.78, 5) is 11.4. The second kappa shape index (κ2) is 4.44. The van der Waals surface area contributed by atoms with Gasteiger partial charge in [-0.05, 0) is 25.5 Å². The SMILES string of the molecule is Cc1ccc(-c2cc(C(=N)N)c(=O)[nH]n2)c(C)c1. The Morgan fingerprint density at radius 3 is 2.67 bits per heavy atom. The fourth-order valence-electron chi connectivity index (χ4n) is 1.84. The third-order valence-corrected chi connectivity index (χ3v) is 2.75. The Morgan fingerprint density at radius 1 is 1.33 bits per heavy atom. The van der Waals surface area contributed by atoms with Crippen LogP contribution in [0.25, 0.3) is 11.3 Å². The van der Waals surface area contributed by atoms with Crippen LogP contribution in [0.3, 0.4) is 0 Å². The molecule has 0 aliphatic rings. The van der Waals surface area contributed by atoms with Gasteiger partial charge in [-0.25, -0.2) is 5.10 Å². The van der Waals surface area contributed by atoms with Crippen molar-refractivity contribution in [1.82, 2.24) is 10.2 Å². The molecule has 2 aromatic rings. The molecule has 0 unspecified atom stereocenters. The van der Waals surface area contributed by atoms with Crippen molar-refractivity contribution in [2.75, 3.05) is 0 Å². The summed E-state index contributed by atoms with van der Waals surface area (Å²) < 4.78 is 0. The number of H-pyrrole nitrogens is 1. The van der Waals surface area contributed by atoms with Crippen LogP contribution in [0.15, 0.2) is 29.1 Å². The molecule has 1 aromatic carbocycles. The van der Waals surface area contributed by atoms with Gasteiger partial charge in [-0.15, -0.1) is 0 Å². The van der Waals surface area contributed by atoms with E-state index in [1.54, 1.807) is 6.07 Å². The first-order valence-electron chi connectivity index (χ1n) is 5.51. The molecule has 2 rings (SSSR count). The number of aryl methyl sites for hydroxylation is 2. The molecule has 0 amide bonds. The van der Waals surface area contributed by atoms with E-state index in [1.807, 2.05) is 32.0 Å². The minimum atomic E-state index is -0.448. The maximum absolute atomic E-state index is 11.4. The summed E-state index contributed by atoms with van der Waals surface area (Å²) in [6.45, 7) is 3.99. The molecule has 0 radical (unpaired) electrons. The van der Waals surface area contributed by atoms with Gasteiger partial charge in [0.25, 0.3) is 5.56 Å². The molecule has 0 aliphatic heterocycles. The molecule has 4 N–H and O–H groups in total. The van der Waals surface area contributed by atoms with E-state index < -0.39 is 5.56 Å². The van der Waals surface area contributed by atoms with Crippen LogP contribution in [-0.4, -0.2) is 16.0 Å². The van der Waals surface area contributed by atoms with E-state index in [1.165, 1.54) is 0 Å². The van der Waals surface area contributed by atoms with Crippen molar-refractivity contribution in [2.45, 2.75) is 13.8 Å². The van der Waals surface area contributed by atoms with Gasteiger partial charge in [0.2, 0.25) is 0 Å². The molecule has 5 heteroatoms. The number of nitrogens with zero attached hydrogens (tertiary/aromatic N) is 1. The molecule has 5 nitrogen and oxygen atoms in total. The predicted octanol–water partition coefficient (Wildman–Crippen LogP) is 1.34. The fraction of sp³-hybridized carbons (Fsp3) is 0.154. The number of aromatic amines is 1. The van der Waals surface area contributed by atoms with Gasteiger partial charge in [0.15, 0.2) is 0 Å². The van der Waals surface area contributed by atoms with E-state index in [-0.39, 0.29) is 11.4 Å². The van der Waals surface area contributed by atoms with Crippen molar-refractivity contribution in [1.29, 1.82) is 5.41 Å². The van der Waals surface area contributed by atoms with Crippen LogP contribution in [0.2, 0.25) is 0 Å². The van der Waals surface area contributed by atoms with Gasteiger partial charge in [-0.3, -0.25) is 10.2 Å². The number of nitrogen functional groups attached to an aromatic ring is 1. The number of hydrogen-bond donors (Lipinski definition) is 3. The molecule has 0 saturated carbocycles. The van der Waals surface area contributed by atoms with Gasteiger partial charge in [0, 0.05) is 5.56 Å². The lowest BCUT2D eigenvalue weighted by Gasteiger charge is -2.07. The van der Waals surface area contributed by atoms with Crippen LogP contribution >= 0.6 is 0 Å². The van der Waals surface area contributed by atoms with E-state index >= 15 is 0 Å². The fourth-order valence-corrected chi connectivity index (χ4v) is 1.84. The number of aromatic nitrogens is 2. The van der Waals surface area contributed by atoms with Crippen LogP contribution in [-0.2, 0) is 0 Å². The van der Waals surface area contributed by atoms with Gasteiger partial charge < -0.3 is 5.73 Å². The highest BCUT2D eigenvalue weighted by molar-refractivity contribution is 5.95. The average Bonchev–Trinajstić information content (AvgIpc) is 2.30. The van der Waals surface area contributed by atoms with Crippen molar-refractivity contribution in [2.24, 2.45) is 5.73 Å². The van der Waals surface area contributed by atoms with Gasteiger partial charge in [-0.1, -0.05) is 23.8 Å². The minimum Gasteiger partial charge on any atom is -0.384 e. The summed E-state index contributed by atoms with van der Waals surface area (Å²) in [5.41, 5.74) is 8.79. The lowest BCUT2D eigenvalue weighted by atomic mass is 10.0. The Hall–Kier alpha value is -2.43. The highest BCUT2D eigenvalue weighted by Crippen LogP contribution is 2.21. The van der Waals surface area contributed by atoms with Crippen molar-refractivity contribution < 1.29 is 0 Å². The normalized spacial score (nSPS) is 10.3. The molecule has 1 heterocycles. The average molecular weight is 242 g/mol.